The van der Waals surface area contributed by atoms with Gasteiger partial charge >= 0.3 is 0 Å². The van der Waals surface area contributed by atoms with E-state index in [1.165, 1.54) is 6.07 Å². The Morgan fingerprint density at radius 1 is 0.957 bits per heavy atom. The molecule has 0 radical (unpaired) electrons. The third-order valence-corrected chi connectivity index (χ3v) is 3.14. The highest BCUT2D eigenvalue weighted by Crippen LogP contribution is 2.19. The molecule has 1 aromatic carbocycles. The highest BCUT2D eigenvalue weighted by atomic mass is 19.2. The van der Waals surface area contributed by atoms with Crippen molar-refractivity contribution in [1.29, 1.82) is 0 Å². The Hall–Kier alpha value is -2.89. The van der Waals surface area contributed by atoms with Gasteiger partial charge in [0, 0.05) is 29.7 Å². The second-order valence-corrected chi connectivity index (χ2v) is 4.94. The molecule has 3 rings (SSSR count). The van der Waals surface area contributed by atoms with Crippen molar-refractivity contribution in [3.8, 4) is 17.3 Å². The lowest BCUT2D eigenvalue weighted by Crippen LogP contribution is -2.01. The van der Waals surface area contributed by atoms with E-state index >= 15 is 0 Å². The highest BCUT2D eigenvalue weighted by Gasteiger charge is 2.07. The molecule has 0 aliphatic carbocycles. The molecule has 0 saturated carbocycles. The van der Waals surface area contributed by atoms with E-state index in [-0.39, 0.29) is 6.61 Å². The maximum absolute atomic E-state index is 13.2. The van der Waals surface area contributed by atoms with E-state index in [0.29, 0.717) is 17.3 Å². The van der Waals surface area contributed by atoms with E-state index in [2.05, 4.69) is 15.0 Å². The SMILES string of the molecule is Cc1cc(OCc2ccc(F)c(F)c2)nc(-c2ccncc2)n1. The second-order valence-electron chi connectivity index (χ2n) is 4.94. The third-order valence-electron chi connectivity index (χ3n) is 3.14. The number of hydrogen-bond donors (Lipinski definition) is 0. The minimum Gasteiger partial charge on any atom is -0.473 e. The molecule has 0 amide bonds. The largest absolute Gasteiger partial charge is 0.473 e. The van der Waals surface area contributed by atoms with Gasteiger partial charge in [0.05, 0.1) is 0 Å². The molecule has 2 heterocycles. The van der Waals surface area contributed by atoms with E-state index in [1.54, 1.807) is 30.6 Å². The maximum atomic E-state index is 13.2. The number of nitrogens with zero attached hydrogens (tertiary/aromatic N) is 3. The van der Waals surface area contributed by atoms with Gasteiger partial charge in [0.2, 0.25) is 5.88 Å². The molecule has 0 saturated heterocycles. The number of aryl methyl sites for hydroxylation is 1. The van der Waals surface area contributed by atoms with Gasteiger partial charge in [-0.15, -0.1) is 0 Å². The molecule has 6 heteroatoms. The van der Waals surface area contributed by atoms with Gasteiger partial charge in [-0.1, -0.05) is 6.07 Å². The van der Waals surface area contributed by atoms with Crippen LogP contribution in [-0.4, -0.2) is 15.0 Å². The van der Waals surface area contributed by atoms with Crippen LogP contribution in [0.5, 0.6) is 5.88 Å². The van der Waals surface area contributed by atoms with Gasteiger partial charge in [0.15, 0.2) is 17.5 Å². The van der Waals surface area contributed by atoms with Crippen molar-refractivity contribution in [1.82, 2.24) is 15.0 Å². The Bertz CT molecular complexity index is 825. The predicted octanol–water partition coefficient (Wildman–Crippen LogP) is 3.70. The van der Waals surface area contributed by atoms with Crippen molar-refractivity contribution in [2.45, 2.75) is 13.5 Å². The zero-order chi connectivity index (χ0) is 16.2. The zero-order valence-corrected chi connectivity index (χ0v) is 12.3. The van der Waals surface area contributed by atoms with Crippen molar-refractivity contribution >= 4 is 0 Å². The minimum atomic E-state index is -0.901. The Balaban J connectivity index is 1.80. The monoisotopic (exact) mass is 313 g/mol. The van der Waals surface area contributed by atoms with Gasteiger partial charge in [-0.05, 0) is 36.8 Å². The van der Waals surface area contributed by atoms with Crippen LogP contribution in [0.25, 0.3) is 11.4 Å². The number of pyridine rings is 1. The topological polar surface area (TPSA) is 47.9 Å². The maximum Gasteiger partial charge on any atom is 0.217 e. The smallest absolute Gasteiger partial charge is 0.217 e. The summed E-state index contributed by atoms with van der Waals surface area (Å²) in [5, 5.41) is 0. The standard InChI is InChI=1S/C17H13F2N3O/c1-11-8-16(22-17(21-11)13-4-6-20-7-5-13)23-10-12-2-3-14(18)15(19)9-12/h2-9H,10H2,1H3. The lowest BCUT2D eigenvalue weighted by Gasteiger charge is -2.08. The average molecular weight is 313 g/mol. The van der Waals surface area contributed by atoms with Gasteiger partial charge in [-0.25, -0.2) is 13.8 Å². The van der Waals surface area contributed by atoms with Crippen LogP contribution < -0.4 is 4.74 Å². The van der Waals surface area contributed by atoms with Crippen molar-refractivity contribution < 1.29 is 13.5 Å². The molecule has 4 nitrogen and oxygen atoms in total. The molecule has 0 aliphatic rings. The first-order valence-corrected chi connectivity index (χ1v) is 6.94. The summed E-state index contributed by atoms with van der Waals surface area (Å²) < 4.78 is 31.7. The summed E-state index contributed by atoms with van der Waals surface area (Å²) in [4.78, 5) is 12.6. The summed E-state index contributed by atoms with van der Waals surface area (Å²) in [6.45, 7) is 1.92. The summed E-state index contributed by atoms with van der Waals surface area (Å²) in [6.07, 6.45) is 3.31. The molecule has 0 N–H and O–H groups in total. The van der Waals surface area contributed by atoms with E-state index in [0.717, 1.165) is 23.4 Å². The van der Waals surface area contributed by atoms with Crippen LogP contribution in [-0.2, 0) is 6.61 Å². The fourth-order valence-corrected chi connectivity index (χ4v) is 2.03. The summed E-state index contributed by atoms with van der Waals surface area (Å²) in [5.74, 6) is -0.893. The van der Waals surface area contributed by atoms with E-state index < -0.39 is 11.6 Å². The number of hydrogen-bond acceptors (Lipinski definition) is 4. The molecule has 2 aromatic heterocycles. The minimum absolute atomic E-state index is 0.0867. The van der Waals surface area contributed by atoms with Crippen molar-refractivity contribution in [2.24, 2.45) is 0 Å². The van der Waals surface area contributed by atoms with Gasteiger partial charge in [0.25, 0.3) is 0 Å². The highest BCUT2D eigenvalue weighted by molar-refractivity contribution is 5.54. The molecule has 0 atom stereocenters. The molecule has 0 aliphatic heterocycles. The first-order chi connectivity index (χ1) is 11.1. The van der Waals surface area contributed by atoms with Gasteiger partial charge in [0.1, 0.15) is 6.61 Å². The molecular weight excluding hydrogens is 300 g/mol. The molecule has 3 aromatic rings. The fourth-order valence-electron chi connectivity index (χ4n) is 2.03. The molecule has 116 valence electrons. The summed E-state index contributed by atoms with van der Waals surface area (Å²) in [6, 6.07) is 8.93. The van der Waals surface area contributed by atoms with Crippen molar-refractivity contribution in [3.63, 3.8) is 0 Å². The Morgan fingerprint density at radius 2 is 1.74 bits per heavy atom. The molecule has 0 spiro atoms. The normalized spacial score (nSPS) is 10.6. The van der Waals surface area contributed by atoms with Gasteiger partial charge < -0.3 is 4.74 Å². The molecule has 0 bridgehead atoms. The van der Waals surface area contributed by atoms with E-state index in [9.17, 15) is 8.78 Å². The van der Waals surface area contributed by atoms with Crippen LogP contribution in [0.2, 0.25) is 0 Å². The molecule has 0 fully saturated rings. The number of rotatable bonds is 4. The zero-order valence-electron chi connectivity index (χ0n) is 12.3. The first-order valence-electron chi connectivity index (χ1n) is 6.94. The summed E-state index contributed by atoms with van der Waals surface area (Å²) >= 11 is 0. The Morgan fingerprint density at radius 3 is 2.48 bits per heavy atom. The Kier molecular flexibility index (Phi) is 4.23. The number of halogens is 2. The number of aromatic nitrogens is 3. The first kappa shape index (κ1) is 15.0. The average Bonchev–Trinajstić information content (AvgIpc) is 2.56. The predicted molar refractivity (Wildman–Crippen MR) is 80.7 cm³/mol. The van der Waals surface area contributed by atoms with Crippen LogP contribution in [0.3, 0.4) is 0 Å². The lowest BCUT2D eigenvalue weighted by molar-refractivity contribution is 0.292. The Labute approximate surface area is 131 Å². The van der Waals surface area contributed by atoms with Crippen LogP contribution in [0.1, 0.15) is 11.3 Å². The molecular formula is C17H13F2N3O. The van der Waals surface area contributed by atoms with E-state index in [1.807, 2.05) is 6.92 Å². The molecule has 23 heavy (non-hydrogen) atoms. The lowest BCUT2D eigenvalue weighted by atomic mass is 10.2. The fraction of sp³-hybridized carbons (Fsp3) is 0.118. The van der Waals surface area contributed by atoms with E-state index in [4.69, 9.17) is 4.74 Å². The number of benzene rings is 1. The van der Waals surface area contributed by atoms with Crippen LogP contribution in [0.15, 0.2) is 48.8 Å². The molecule has 0 unspecified atom stereocenters. The quantitative estimate of drug-likeness (QED) is 0.737. The third kappa shape index (κ3) is 3.66. The van der Waals surface area contributed by atoms with Gasteiger partial charge in [-0.2, -0.15) is 4.98 Å². The van der Waals surface area contributed by atoms with Crippen molar-refractivity contribution in [3.05, 3.63) is 71.7 Å². The summed E-state index contributed by atoms with van der Waals surface area (Å²) in [5.41, 5.74) is 2.08. The number of ether oxygens (including phenoxy) is 1. The van der Waals surface area contributed by atoms with Gasteiger partial charge in [-0.3, -0.25) is 4.98 Å². The van der Waals surface area contributed by atoms with Crippen LogP contribution >= 0.6 is 0 Å². The summed E-state index contributed by atoms with van der Waals surface area (Å²) in [7, 11) is 0. The second kappa shape index (κ2) is 6.48. The van der Waals surface area contributed by atoms with Crippen LogP contribution in [0, 0.1) is 18.6 Å². The van der Waals surface area contributed by atoms with Crippen LogP contribution in [0.4, 0.5) is 8.78 Å². The van der Waals surface area contributed by atoms with Crippen molar-refractivity contribution in [2.75, 3.05) is 0 Å².